The summed E-state index contributed by atoms with van der Waals surface area (Å²) in [6, 6.07) is 4.00. The van der Waals surface area contributed by atoms with E-state index in [1.807, 2.05) is 12.1 Å². The van der Waals surface area contributed by atoms with Crippen molar-refractivity contribution < 1.29 is 14.2 Å². The highest BCUT2D eigenvalue weighted by Gasteiger charge is 2.16. The van der Waals surface area contributed by atoms with Crippen molar-refractivity contribution in [1.29, 1.82) is 0 Å². The third kappa shape index (κ3) is 5.47. The zero-order chi connectivity index (χ0) is 15.1. The van der Waals surface area contributed by atoms with Crippen LogP contribution < -0.4 is 20.1 Å². The first-order chi connectivity index (χ1) is 10.2. The minimum Gasteiger partial charge on any atom is -0.486 e. The number of hydrogen-bond donors (Lipinski definition) is 2. The van der Waals surface area contributed by atoms with Gasteiger partial charge in [0.05, 0.1) is 11.1 Å². The largest absolute Gasteiger partial charge is 0.486 e. The van der Waals surface area contributed by atoms with E-state index in [1.54, 1.807) is 14.2 Å². The summed E-state index contributed by atoms with van der Waals surface area (Å²) in [5, 5.41) is 6.41. The van der Waals surface area contributed by atoms with Crippen molar-refractivity contribution in [3.63, 3.8) is 0 Å². The van der Waals surface area contributed by atoms with E-state index in [4.69, 9.17) is 14.2 Å². The third-order valence-electron chi connectivity index (χ3n) is 2.94. The first kappa shape index (κ1) is 19.3. The quantitative estimate of drug-likeness (QED) is 0.289. The van der Waals surface area contributed by atoms with Crippen molar-refractivity contribution in [1.82, 2.24) is 10.6 Å². The zero-order valence-electron chi connectivity index (χ0n) is 12.6. The molecule has 1 aliphatic heterocycles. The highest BCUT2D eigenvalue weighted by Crippen LogP contribution is 2.38. The Balaban J connectivity index is 0.00000242. The maximum atomic E-state index is 5.61. The number of halogens is 2. The van der Waals surface area contributed by atoms with E-state index in [2.05, 4.69) is 31.6 Å². The number of benzene rings is 1. The molecule has 0 saturated heterocycles. The van der Waals surface area contributed by atoms with Crippen molar-refractivity contribution in [3.8, 4) is 11.5 Å². The van der Waals surface area contributed by atoms with Crippen LogP contribution in [0.25, 0.3) is 0 Å². The monoisotopic (exact) mass is 485 g/mol. The van der Waals surface area contributed by atoms with Crippen LogP contribution in [0.2, 0.25) is 0 Å². The highest BCUT2D eigenvalue weighted by molar-refractivity contribution is 14.0. The first-order valence-corrected chi connectivity index (χ1v) is 7.55. The average Bonchev–Trinajstić information content (AvgIpc) is 2.51. The standard InChI is InChI=1S/C14H20BrN3O3.HI/c1-16-14(17-3-4-19-2)18-9-10-7-11(15)13-12(8-10)20-5-6-21-13;/h7-8H,3-6,9H2,1-2H3,(H2,16,17,18);1H. The lowest BCUT2D eigenvalue weighted by Crippen LogP contribution is -2.38. The van der Waals surface area contributed by atoms with Crippen LogP contribution in [0.4, 0.5) is 0 Å². The van der Waals surface area contributed by atoms with Crippen molar-refractivity contribution in [2.45, 2.75) is 6.54 Å². The van der Waals surface area contributed by atoms with Crippen molar-refractivity contribution in [3.05, 3.63) is 22.2 Å². The van der Waals surface area contributed by atoms with Gasteiger partial charge in [-0.1, -0.05) is 0 Å². The Bertz CT molecular complexity index is 514. The fourth-order valence-electron chi connectivity index (χ4n) is 1.94. The number of ether oxygens (including phenoxy) is 3. The molecule has 0 unspecified atom stereocenters. The number of hydrogen-bond acceptors (Lipinski definition) is 4. The molecule has 0 amide bonds. The molecule has 1 aromatic carbocycles. The van der Waals surface area contributed by atoms with Crippen LogP contribution in [-0.2, 0) is 11.3 Å². The molecule has 0 fully saturated rings. The van der Waals surface area contributed by atoms with Crippen LogP contribution >= 0.6 is 39.9 Å². The molecular formula is C14H21BrIN3O3. The number of methoxy groups -OCH3 is 1. The molecule has 6 nitrogen and oxygen atoms in total. The number of guanidine groups is 1. The molecule has 0 bridgehead atoms. The van der Waals surface area contributed by atoms with Gasteiger partial charge in [-0.25, -0.2) is 0 Å². The summed E-state index contributed by atoms with van der Waals surface area (Å²) < 4.78 is 17.1. The van der Waals surface area contributed by atoms with Gasteiger partial charge in [0.1, 0.15) is 13.2 Å². The van der Waals surface area contributed by atoms with Crippen LogP contribution in [-0.4, -0.2) is 46.5 Å². The molecule has 8 heteroatoms. The Morgan fingerprint density at radius 2 is 2.09 bits per heavy atom. The lowest BCUT2D eigenvalue weighted by Gasteiger charge is -2.20. The number of rotatable bonds is 5. The number of nitrogens with zero attached hydrogens (tertiary/aromatic N) is 1. The lowest BCUT2D eigenvalue weighted by atomic mass is 10.2. The van der Waals surface area contributed by atoms with Gasteiger partial charge in [-0.3, -0.25) is 4.99 Å². The van der Waals surface area contributed by atoms with Gasteiger partial charge in [0, 0.05) is 27.2 Å². The van der Waals surface area contributed by atoms with Crippen LogP contribution in [0.1, 0.15) is 5.56 Å². The predicted octanol–water partition coefficient (Wildman–Crippen LogP) is 2.15. The van der Waals surface area contributed by atoms with Crippen LogP contribution in [0.5, 0.6) is 11.5 Å². The van der Waals surface area contributed by atoms with Crippen LogP contribution in [0.15, 0.2) is 21.6 Å². The molecule has 1 aromatic rings. The molecule has 1 heterocycles. The maximum Gasteiger partial charge on any atom is 0.191 e. The summed E-state index contributed by atoms with van der Waals surface area (Å²) >= 11 is 3.51. The van der Waals surface area contributed by atoms with Crippen LogP contribution in [0.3, 0.4) is 0 Å². The summed E-state index contributed by atoms with van der Waals surface area (Å²) in [5.74, 6) is 2.28. The molecule has 0 aromatic heterocycles. The van der Waals surface area contributed by atoms with Gasteiger partial charge in [0.25, 0.3) is 0 Å². The Hall–Kier alpha value is -0.740. The molecule has 22 heavy (non-hydrogen) atoms. The Morgan fingerprint density at radius 3 is 2.82 bits per heavy atom. The molecule has 0 radical (unpaired) electrons. The van der Waals surface area contributed by atoms with Crippen molar-refractivity contribution >= 4 is 45.9 Å². The summed E-state index contributed by atoms with van der Waals surface area (Å²) in [6.07, 6.45) is 0. The van der Waals surface area contributed by atoms with E-state index in [-0.39, 0.29) is 24.0 Å². The fourth-order valence-corrected chi connectivity index (χ4v) is 2.55. The molecular weight excluding hydrogens is 465 g/mol. The second-order valence-electron chi connectivity index (χ2n) is 4.45. The Labute approximate surface area is 156 Å². The van der Waals surface area contributed by atoms with E-state index in [0.717, 1.165) is 27.5 Å². The van der Waals surface area contributed by atoms with Crippen molar-refractivity contribution in [2.75, 3.05) is 40.5 Å². The van der Waals surface area contributed by atoms with E-state index in [0.29, 0.717) is 32.9 Å². The van der Waals surface area contributed by atoms with Gasteiger partial charge in [0.15, 0.2) is 17.5 Å². The van der Waals surface area contributed by atoms with Gasteiger partial charge in [-0.15, -0.1) is 24.0 Å². The predicted molar refractivity (Wildman–Crippen MR) is 101 cm³/mol. The van der Waals surface area contributed by atoms with E-state index < -0.39 is 0 Å². The minimum atomic E-state index is 0. The van der Waals surface area contributed by atoms with Gasteiger partial charge in [-0.05, 0) is 33.6 Å². The number of aliphatic imine (C=N–C) groups is 1. The first-order valence-electron chi connectivity index (χ1n) is 6.76. The second-order valence-corrected chi connectivity index (χ2v) is 5.30. The SMILES string of the molecule is CN=C(NCCOC)NCc1cc(Br)c2c(c1)OCCO2.I. The van der Waals surface area contributed by atoms with Gasteiger partial charge in [-0.2, -0.15) is 0 Å². The molecule has 124 valence electrons. The fraction of sp³-hybridized carbons (Fsp3) is 0.500. The summed E-state index contributed by atoms with van der Waals surface area (Å²) in [4.78, 5) is 4.16. The second kappa shape index (κ2) is 10.1. The Kier molecular flexibility index (Phi) is 8.88. The summed E-state index contributed by atoms with van der Waals surface area (Å²) in [7, 11) is 3.41. The highest BCUT2D eigenvalue weighted by atomic mass is 127. The summed E-state index contributed by atoms with van der Waals surface area (Å²) in [5.41, 5.74) is 1.08. The van der Waals surface area contributed by atoms with E-state index >= 15 is 0 Å². The molecule has 0 saturated carbocycles. The Morgan fingerprint density at radius 1 is 1.32 bits per heavy atom. The maximum absolute atomic E-state index is 5.61. The van der Waals surface area contributed by atoms with E-state index in [9.17, 15) is 0 Å². The summed E-state index contributed by atoms with van der Waals surface area (Å²) in [6.45, 7) is 3.15. The molecule has 1 aliphatic rings. The van der Waals surface area contributed by atoms with Gasteiger partial charge in [0.2, 0.25) is 0 Å². The average molecular weight is 486 g/mol. The molecule has 0 aliphatic carbocycles. The molecule has 0 atom stereocenters. The third-order valence-corrected chi connectivity index (χ3v) is 3.53. The minimum absolute atomic E-state index is 0. The van der Waals surface area contributed by atoms with Gasteiger partial charge < -0.3 is 24.8 Å². The van der Waals surface area contributed by atoms with Crippen molar-refractivity contribution in [2.24, 2.45) is 4.99 Å². The lowest BCUT2D eigenvalue weighted by molar-refractivity contribution is 0.170. The zero-order valence-corrected chi connectivity index (χ0v) is 16.6. The number of fused-ring (bicyclic) bond motifs is 1. The smallest absolute Gasteiger partial charge is 0.191 e. The topological polar surface area (TPSA) is 64.1 Å². The van der Waals surface area contributed by atoms with Crippen LogP contribution in [0, 0.1) is 0 Å². The molecule has 2 N–H and O–H groups in total. The number of nitrogens with one attached hydrogen (secondary N) is 2. The van der Waals surface area contributed by atoms with E-state index in [1.165, 1.54) is 0 Å². The van der Waals surface area contributed by atoms with Gasteiger partial charge >= 0.3 is 0 Å². The molecule has 0 spiro atoms. The molecule has 2 rings (SSSR count). The normalized spacial score (nSPS) is 13.3.